The number of likely N-dealkylation sites (N-methyl/N-ethyl adjacent to an activating group) is 1. The largest absolute Gasteiger partial charge is 0.355 e. The van der Waals surface area contributed by atoms with Gasteiger partial charge in [-0.15, -0.1) is 0 Å². The summed E-state index contributed by atoms with van der Waals surface area (Å²) in [5, 5.41) is 2.81. The third-order valence-electron chi connectivity index (χ3n) is 5.95. The van der Waals surface area contributed by atoms with E-state index in [-0.39, 0.29) is 17.3 Å². The molecule has 1 atom stereocenters. The van der Waals surface area contributed by atoms with E-state index in [0.717, 1.165) is 13.4 Å². The maximum atomic E-state index is 13.8. The van der Waals surface area contributed by atoms with Gasteiger partial charge in [0.05, 0.1) is 10.6 Å². The molecule has 0 fully saturated rings. The van der Waals surface area contributed by atoms with Gasteiger partial charge in [0.1, 0.15) is 12.6 Å². The Morgan fingerprint density at radius 2 is 1.49 bits per heavy atom. The highest BCUT2D eigenvalue weighted by atomic mass is 127. The maximum absolute atomic E-state index is 13.8. The van der Waals surface area contributed by atoms with Crippen LogP contribution in [0.5, 0.6) is 0 Å². The highest BCUT2D eigenvalue weighted by Crippen LogP contribution is 2.25. The summed E-state index contributed by atoms with van der Waals surface area (Å²) in [6.07, 6.45) is 0.943. The molecule has 7 nitrogen and oxygen atoms in total. The zero-order valence-electron chi connectivity index (χ0n) is 21.0. The summed E-state index contributed by atoms with van der Waals surface area (Å²) >= 11 is 2.15. The molecule has 3 rings (SSSR count). The first-order valence-electron chi connectivity index (χ1n) is 12.2. The molecule has 0 aliphatic heterocycles. The van der Waals surface area contributed by atoms with Crippen LogP contribution in [0.25, 0.3) is 0 Å². The Balaban J connectivity index is 1.98. The summed E-state index contributed by atoms with van der Waals surface area (Å²) in [6.45, 7) is 3.96. The molecule has 3 aromatic rings. The van der Waals surface area contributed by atoms with Crippen LogP contribution in [-0.2, 0) is 26.0 Å². The van der Waals surface area contributed by atoms with Crippen molar-refractivity contribution in [3.8, 4) is 0 Å². The second-order valence-corrected chi connectivity index (χ2v) is 11.6. The number of nitrogens with zero attached hydrogens (tertiary/aromatic N) is 2. The molecule has 0 bridgehead atoms. The normalized spacial score (nSPS) is 12.0. The second kappa shape index (κ2) is 13.6. The molecule has 1 N–H and O–H groups in total. The van der Waals surface area contributed by atoms with Gasteiger partial charge in [-0.2, -0.15) is 0 Å². The molecule has 196 valence electrons. The lowest BCUT2D eigenvalue weighted by Crippen LogP contribution is -2.53. The van der Waals surface area contributed by atoms with Crippen LogP contribution in [0.2, 0.25) is 0 Å². The van der Waals surface area contributed by atoms with Crippen molar-refractivity contribution >= 4 is 50.1 Å². The Morgan fingerprint density at radius 3 is 2.05 bits per heavy atom. The predicted molar refractivity (Wildman–Crippen MR) is 155 cm³/mol. The van der Waals surface area contributed by atoms with E-state index >= 15 is 0 Å². The summed E-state index contributed by atoms with van der Waals surface area (Å²) in [4.78, 5) is 28.3. The lowest BCUT2D eigenvalue weighted by molar-refractivity contribution is -0.139. The van der Waals surface area contributed by atoms with E-state index < -0.39 is 28.5 Å². The Bertz CT molecular complexity index is 1270. The van der Waals surface area contributed by atoms with Crippen molar-refractivity contribution in [1.82, 2.24) is 10.2 Å². The number of nitrogens with one attached hydrogen (secondary N) is 1. The minimum atomic E-state index is -4.04. The fraction of sp³-hybridized carbons (Fsp3) is 0.286. The molecule has 0 aliphatic rings. The molecule has 9 heteroatoms. The van der Waals surface area contributed by atoms with Gasteiger partial charge < -0.3 is 10.2 Å². The van der Waals surface area contributed by atoms with Gasteiger partial charge in [-0.05, 0) is 84.3 Å². The van der Waals surface area contributed by atoms with Crippen molar-refractivity contribution in [2.75, 3.05) is 23.9 Å². The molecular weight excluding hydrogens is 601 g/mol. The average molecular weight is 634 g/mol. The van der Waals surface area contributed by atoms with Crippen molar-refractivity contribution in [2.24, 2.45) is 0 Å². The van der Waals surface area contributed by atoms with Crippen LogP contribution >= 0.6 is 22.6 Å². The topological polar surface area (TPSA) is 86.8 Å². The van der Waals surface area contributed by atoms with Gasteiger partial charge in [0, 0.05) is 16.7 Å². The van der Waals surface area contributed by atoms with Gasteiger partial charge >= 0.3 is 0 Å². The van der Waals surface area contributed by atoms with E-state index in [0.29, 0.717) is 25.1 Å². The van der Waals surface area contributed by atoms with Crippen molar-refractivity contribution < 1.29 is 18.0 Å². The molecule has 0 heterocycles. The molecule has 1 unspecified atom stereocenters. The third kappa shape index (κ3) is 7.54. The number of amides is 2. The standard InChI is InChI=1S/C28H32IN3O4S/c1-3-26(28(34)30-4-2)31(20-19-22-11-7-5-8-12-22)27(33)21-32(24-17-15-23(29)16-18-24)37(35,36)25-13-9-6-10-14-25/h5-18,26H,3-4,19-21H2,1-2H3,(H,30,34). The van der Waals surface area contributed by atoms with E-state index in [4.69, 9.17) is 0 Å². The summed E-state index contributed by atoms with van der Waals surface area (Å²) in [5.74, 6) is -0.690. The number of sulfonamides is 1. The molecule has 0 saturated carbocycles. The van der Waals surface area contributed by atoms with Gasteiger partial charge in [-0.25, -0.2) is 8.42 Å². The van der Waals surface area contributed by atoms with Gasteiger partial charge in [0.15, 0.2) is 0 Å². The molecule has 0 aliphatic carbocycles. The van der Waals surface area contributed by atoms with E-state index in [9.17, 15) is 18.0 Å². The van der Waals surface area contributed by atoms with Gasteiger partial charge in [0.25, 0.3) is 10.0 Å². The Morgan fingerprint density at radius 1 is 0.892 bits per heavy atom. The lowest BCUT2D eigenvalue weighted by atomic mass is 10.1. The maximum Gasteiger partial charge on any atom is 0.264 e. The zero-order valence-corrected chi connectivity index (χ0v) is 24.0. The first-order chi connectivity index (χ1) is 17.8. The molecule has 2 amide bonds. The van der Waals surface area contributed by atoms with Crippen molar-refractivity contribution in [1.29, 1.82) is 0 Å². The Kier molecular flexibility index (Phi) is 10.5. The van der Waals surface area contributed by atoms with E-state index in [1.807, 2.05) is 44.2 Å². The number of hydrogen-bond acceptors (Lipinski definition) is 4. The van der Waals surface area contributed by atoms with Crippen LogP contribution in [0.4, 0.5) is 5.69 Å². The summed E-state index contributed by atoms with van der Waals surface area (Å²) in [6, 6.07) is 24.0. The van der Waals surface area contributed by atoms with E-state index in [1.165, 1.54) is 17.0 Å². The summed E-state index contributed by atoms with van der Waals surface area (Å²) < 4.78 is 29.5. The first-order valence-corrected chi connectivity index (χ1v) is 14.7. The van der Waals surface area contributed by atoms with Crippen molar-refractivity contribution in [2.45, 2.75) is 37.6 Å². The third-order valence-corrected chi connectivity index (χ3v) is 8.45. The monoisotopic (exact) mass is 633 g/mol. The molecule has 0 radical (unpaired) electrons. The summed E-state index contributed by atoms with van der Waals surface area (Å²) in [5.41, 5.74) is 1.41. The van der Waals surface area contributed by atoms with Crippen LogP contribution in [0.3, 0.4) is 0 Å². The average Bonchev–Trinajstić information content (AvgIpc) is 2.91. The first kappa shape index (κ1) is 28.6. The number of anilines is 1. The quantitative estimate of drug-likeness (QED) is 0.299. The second-order valence-electron chi connectivity index (χ2n) is 8.44. The molecule has 3 aromatic carbocycles. The SMILES string of the molecule is CCNC(=O)C(CC)N(CCc1ccccc1)C(=O)CN(c1ccc(I)cc1)S(=O)(=O)c1ccccc1. The van der Waals surface area contributed by atoms with Gasteiger partial charge in [-0.3, -0.25) is 13.9 Å². The Labute approximate surface area is 233 Å². The number of benzene rings is 3. The Hall–Kier alpha value is -2.92. The number of carbonyl (C=O) groups is 2. The number of carbonyl (C=O) groups excluding carboxylic acids is 2. The fourth-order valence-corrected chi connectivity index (χ4v) is 5.84. The van der Waals surface area contributed by atoms with Crippen LogP contribution in [-0.4, -0.2) is 50.8 Å². The molecule has 0 spiro atoms. The number of halogens is 1. The van der Waals surface area contributed by atoms with Crippen LogP contribution < -0.4 is 9.62 Å². The van der Waals surface area contributed by atoms with Crippen molar-refractivity contribution in [3.63, 3.8) is 0 Å². The van der Waals surface area contributed by atoms with Crippen LogP contribution in [0.1, 0.15) is 25.8 Å². The number of hydrogen-bond donors (Lipinski definition) is 1. The molecule has 0 saturated heterocycles. The van der Waals surface area contributed by atoms with Gasteiger partial charge in [-0.1, -0.05) is 55.5 Å². The smallest absolute Gasteiger partial charge is 0.264 e. The van der Waals surface area contributed by atoms with Crippen LogP contribution in [0, 0.1) is 3.57 Å². The van der Waals surface area contributed by atoms with Crippen molar-refractivity contribution in [3.05, 3.63) is 94.1 Å². The van der Waals surface area contributed by atoms with Crippen LogP contribution in [0.15, 0.2) is 89.8 Å². The predicted octanol–water partition coefficient (Wildman–Crippen LogP) is 4.47. The lowest BCUT2D eigenvalue weighted by Gasteiger charge is -2.33. The fourth-order valence-electron chi connectivity index (χ4n) is 4.04. The highest BCUT2D eigenvalue weighted by Gasteiger charge is 2.33. The number of rotatable bonds is 12. The van der Waals surface area contributed by atoms with Gasteiger partial charge in [0.2, 0.25) is 11.8 Å². The van der Waals surface area contributed by atoms with E-state index in [1.54, 1.807) is 42.5 Å². The van der Waals surface area contributed by atoms with E-state index in [2.05, 4.69) is 27.9 Å². The molecular formula is C28H32IN3O4S. The summed E-state index contributed by atoms with van der Waals surface area (Å²) in [7, 11) is -4.04. The minimum absolute atomic E-state index is 0.0907. The molecule has 0 aromatic heterocycles. The minimum Gasteiger partial charge on any atom is -0.355 e. The highest BCUT2D eigenvalue weighted by molar-refractivity contribution is 14.1. The molecule has 37 heavy (non-hydrogen) atoms. The zero-order chi connectivity index (χ0) is 26.8.